The van der Waals surface area contributed by atoms with Gasteiger partial charge in [0.15, 0.2) is 11.6 Å². The van der Waals surface area contributed by atoms with Crippen molar-refractivity contribution in [1.29, 1.82) is 0 Å². The molecule has 2 aromatic carbocycles. The van der Waals surface area contributed by atoms with Crippen molar-refractivity contribution in [2.24, 2.45) is 0 Å². The number of hydrogen-bond donors (Lipinski definition) is 1. The molecule has 1 N–H and O–H groups in total. The third-order valence-corrected chi connectivity index (χ3v) is 6.80. The van der Waals surface area contributed by atoms with Crippen LogP contribution < -0.4 is 9.47 Å². The molecule has 0 aromatic heterocycles. The smallest absolute Gasteiger partial charge is 0.165 e. The molecule has 33 heavy (non-hydrogen) atoms. The summed E-state index contributed by atoms with van der Waals surface area (Å²) in [5, 5.41) is 11.0. The summed E-state index contributed by atoms with van der Waals surface area (Å²) in [7, 11) is 0. The molecule has 0 saturated carbocycles. The molecule has 2 saturated heterocycles. The van der Waals surface area contributed by atoms with E-state index in [0.717, 1.165) is 45.0 Å². The van der Waals surface area contributed by atoms with E-state index in [4.69, 9.17) is 9.47 Å². The van der Waals surface area contributed by atoms with Crippen LogP contribution in [0.3, 0.4) is 0 Å². The van der Waals surface area contributed by atoms with Gasteiger partial charge in [0.1, 0.15) is 19.0 Å². The highest BCUT2D eigenvalue weighted by atomic mass is 19.1. The van der Waals surface area contributed by atoms with Crippen LogP contribution in [0, 0.1) is 5.82 Å². The second kappa shape index (κ2) is 11.8. The van der Waals surface area contributed by atoms with Crippen LogP contribution >= 0.6 is 0 Å². The molecule has 0 unspecified atom stereocenters. The molecule has 1 atom stereocenters. The molecule has 2 aliphatic rings. The molecule has 2 aromatic rings. The quantitative estimate of drug-likeness (QED) is 0.603. The number of aliphatic hydroxyl groups is 1. The van der Waals surface area contributed by atoms with Gasteiger partial charge in [0.2, 0.25) is 0 Å². The molecular weight excluding hydrogens is 419 g/mol. The van der Waals surface area contributed by atoms with Crippen molar-refractivity contribution in [1.82, 2.24) is 9.80 Å². The van der Waals surface area contributed by atoms with Crippen molar-refractivity contribution >= 4 is 0 Å². The SMILES string of the molecule is O[C@]1(COc2ccccc2F)CCCN(Cc2ccc(OCCN3CCCCC3)cc2)CC1. The number of likely N-dealkylation sites (tertiary alicyclic amines) is 2. The predicted molar refractivity (Wildman–Crippen MR) is 128 cm³/mol. The minimum Gasteiger partial charge on any atom is -0.492 e. The van der Waals surface area contributed by atoms with Crippen molar-refractivity contribution in [3.63, 3.8) is 0 Å². The number of piperidine rings is 1. The fourth-order valence-corrected chi connectivity index (χ4v) is 4.74. The van der Waals surface area contributed by atoms with Gasteiger partial charge in [-0.3, -0.25) is 9.80 Å². The van der Waals surface area contributed by atoms with E-state index in [1.807, 2.05) is 0 Å². The lowest BCUT2D eigenvalue weighted by Crippen LogP contribution is -2.37. The lowest BCUT2D eigenvalue weighted by molar-refractivity contribution is -0.0177. The van der Waals surface area contributed by atoms with E-state index in [1.54, 1.807) is 18.2 Å². The van der Waals surface area contributed by atoms with E-state index in [2.05, 4.69) is 34.1 Å². The summed E-state index contributed by atoms with van der Waals surface area (Å²) in [6.07, 6.45) is 6.12. The van der Waals surface area contributed by atoms with Crippen LogP contribution in [0.2, 0.25) is 0 Å². The van der Waals surface area contributed by atoms with Crippen LogP contribution in [-0.2, 0) is 6.54 Å². The number of para-hydroxylation sites is 1. The molecule has 180 valence electrons. The first kappa shape index (κ1) is 24.0. The summed E-state index contributed by atoms with van der Waals surface area (Å²) in [5.41, 5.74) is 0.315. The summed E-state index contributed by atoms with van der Waals surface area (Å²) in [6.45, 7) is 6.80. The minimum atomic E-state index is -0.927. The van der Waals surface area contributed by atoms with Gasteiger partial charge in [-0.15, -0.1) is 0 Å². The lowest BCUT2D eigenvalue weighted by Gasteiger charge is -2.27. The van der Waals surface area contributed by atoms with E-state index in [9.17, 15) is 9.50 Å². The number of hydrogen-bond acceptors (Lipinski definition) is 5. The van der Waals surface area contributed by atoms with Crippen LogP contribution in [-0.4, -0.2) is 66.4 Å². The summed E-state index contributed by atoms with van der Waals surface area (Å²) < 4.78 is 25.4. The number of rotatable bonds is 9. The highest BCUT2D eigenvalue weighted by Crippen LogP contribution is 2.26. The van der Waals surface area contributed by atoms with Gasteiger partial charge in [-0.05, 0) is 81.6 Å². The molecule has 0 amide bonds. The van der Waals surface area contributed by atoms with Crippen LogP contribution in [0.4, 0.5) is 4.39 Å². The molecule has 4 rings (SSSR count). The fourth-order valence-electron chi connectivity index (χ4n) is 4.74. The van der Waals surface area contributed by atoms with Crippen LogP contribution in [0.5, 0.6) is 11.5 Å². The third kappa shape index (κ3) is 7.42. The first-order chi connectivity index (χ1) is 16.1. The van der Waals surface area contributed by atoms with E-state index in [0.29, 0.717) is 12.8 Å². The second-order valence-electron chi connectivity index (χ2n) is 9.47. The Kier molecular flexibility index (Phi) is 8.59. The second-order valence-corrected chi connectivity index (χ2v) is 9.47. The van der Waals surface area contributed by atoms with Gasteiger partial charge in [0.25, 0.3) is 0 Å². The monoisotopic (exact) mass is 456 g/mol. The fraction of sp³-hybridized carbons (Fsp3) is 0.556. The average molecular weight is 457 g/mol. The first-order valence-corrected chi connectivity index (χ1v) is 12.4. The molecule has 2 fully saturated rings. The van der Waals surface area contributed by atoms with Gasteiger partial charge in [0.05, 0.1) is 5.60 Å². The summed E-state index contributed by atoms with van der Waals surface area (Å²) in [6, 6.07) is 14.7. The van der Waals surface area contributed by atoms with Gasteiger partial charge in [-0.25, -0.2) is 4.39 Å². The molecule has 2 heterocycles. The van der Waals surface area contributed by atoms with Gasteiger partial charge < -0.3 is 14.6 Å². The molecule has 0 radical (unpaired) electrons. The zero-order chi connectivity index (χ0) is 22.9. The van der Waals surface area contributed by atoms with Gasteiger partial charge >= 0.3 is 0 Å². The largest absolute Gasteiger partial charge is 0.492 e. The third-order valence-electron chi connectivity index (χ3n) is 6.80. The summed E-state index contributed by atoms with van der Waals surface area (Å²) in [5.74, 6) is 0.729. The number of benzene rings is 2. The predicted octanol–water partition coefficient (Wildman–Crippen LogP) is 4.49. The minimum absolute atomic E-state index is 0.116. The molecule has 5 nitrogen and oxygen atoms in total. The Morgan fingerprint density at radius 2 is 1.58 bits per heavy atom. The first-order valence-electron chi connectivity index (χ1n) is 12.4. The Labute approximate surface area is 197 Å². The molecule has 0 spiro atoms. The van der Waals surface area contributed by atoms with Crippen molar-refractivity contribution in [3.8, 4) is 11.5 Å². The lowest BCUT2D eigenvalue weighted by atomic mass is 9.96. The maximum absolute atomic E-state index is 13.8. The molecule has 0 aliphatic carbocycles. The van der Waals surface area contributed by atoms with Crippen LogP contribution in [0.15, 0.2) is 48.5 Å². The zero-order valence-electron chi connectivity index (χ0n) is 19.6. The molecule has 0 bridgehead atoms. The van der Waals surface area contributed by atoms with E-state index in [-0.39, 0.29) is 12.4 Å². The highest BCUT2D eigenvalue weighted by Gasteiger charge is 2.31. The Bertz CT molecular complexity index is 857. The maximum atomic E-state index is 13.8. The van der Waals surface area contributed by atoms with Gasteiger partial charge in [0, 0.05) is 19.6 Å². The maximum Gasteiger partial charge on any atom is 0.165 e. The Balaban J connectivity index is 1.20. The summed E-state index contributed by atoms with van der Waals surface area (Å²) >= 11 is 0. The molecule has 2 aliphatic heterocycles. The number of nitrogens with zero attached hydrogens (tertiary/aromatic N) is 2. The van der Waals surface area contributed by atoms with E-state index >= 15 is 0 Å². The molecule has 6 heteroatoms. The van der Waals surface area contributed by atoms with Crippen molar-refractivity contribution in [2.75, 3.05) is 45.9 Å². The standard InChI is InChI=1S/C27H37FN2O3/c28-25-7-2-3-8-26(25)33-22-27(31)13-6-17-30(18-14-27)21-23-9-11-24(12-10-23)32-20-19-29-15-4-1-5-16-29/h2-3,7-12,31H,1,4-6,13-22H2/t27-/m1/s1. The van der Waals surface area contributed by atoms with E-state index in [1.165, 1.54) is 44.0 Å². The average Bonchev–Trinajstić information content (AvgIpc) is 3.02. The Morgan fingerprint density at radius 3 is 2.36 bits per heavy atom. The van der Waals surface area contributed by atoms with Crippen molar-refractivity contribution in [3.05, 3.63) is 59.9 Å². The van der Waals surface area contributed by atoms with Gasteiger partial charge in [-0.2, -0.15) is 0 Å². The normalized spacial score (nSPS) is 22.6. The summed E-state index contributed by atoms with van der Waals surface area (Å²) in [4.78, 5) is 4.85. The van der Waals surface area contributed by atoms with Gasteiger partial charge in [-0.1, -0.05) is 30.7 Å². The highest BCUT2D eigenvalue weighted by molar-refractivity contribution is 5.27. The zero-order valence-corrected chi connectivity index (χ0v) is 19.6. The number of ether oxygens (including phenoxy) is 2. The van der Waals surface area contributed by atoms with Crippen LogP contribution in [0.25, 0.3) is 0 Å². The molecular formula is C27H37FN2O3. The van der Waals surface area contributed by atoms with Crippen molar-refractivity contribution in [2.45, 2.75) is 50.7 Å². The van der Waals surface area contributed by atoms with Crippen molar-refractivity contribution < 1.29 is 19.0 Å². The van der Waals surface area contributed by atoms with E-state index < -0.39 is 11.4 Å². The Hall–Kier alpha value is -2.15. The number of halogens is 1. The van der Waals surface area contributed by atoms with Crippen LogP contribution in [0.1, 0.15) is 44.1 Å². The Morgan fingerprint density at radius 1 is 0.818 bits per heavy atom. The topological polar surface area (TPSA) is 45.2 Å².